The molecule has 26 heavy (non-hydrogen) atoms. The Morgan fingerprint density at radius 2 is 1.92 bits per heavy atom. The zero-order valence-corrected chi connectivity index (χ0v) is 14.9. The fourth-order valence-corrected chi connectivity index (χ4v) is 3.25. The number of fused-ring (bicyclic) bond motifs is 1. The molecule has 0 saturated carbocycles. The molecule has 0 fully saturated rings. The van der Waals surface area contributed by atoms with Gasteiger partial charge in [0.2, 0.25) is 0 Å². The summed E-state index contributed by atoms with van der Waals surface area (Å²) in [6.07, 6.45) is 6.56. The smallest absolute Gasteiger partial charge is 0.142 e. The van der Waals surface area contributed by atoms with Crippen LogP contribution in [0.4, 0.5) is 4.39 Å². The van der Waals surface area contributed by atoms with E-state index >= 15 is 0 Å². The van der Waals surface area contributed by atoms with Crippen molar-refractivity contribution in [3.05, 3.63) is 77.8 Å². The lowest BCUT2D eigenvalue weighted by atomic mass is 9.93. The van der Waals surface area contributed by atoms with Crippen LogP contribution in [-0.4, -0.2) is 15.9 Å². The Labute approximate surface area is 152 Å². The number of allylic oxidation sites excluding steroid dienone is 2. The largest absolute Gasteiger partial charge is 0.299 e. The molecule has 0 aliphatic carbocycles. The maximum atomic E-state index is 13.4. The minimum absolute atomic E-state index is 0.220. The van der Waals surface area contributed by atoms with Crippen molar-refractivity contribution in [2.75, 3.05) is 0 Å². The van der Waals surface area contributed by atoms with Crippen LogP contribution in [0.3, 0.4) is 0 Å². The predicted octanol–water partition coefficient (Wildman–Crippen LogP) is 5.20. The van der Waals surface area contributed by atoms with Gasteiger partial charge in [0.15, 0.2) is 0 Å². The van der Waals surface area contributed by atoms with E-state index in [1.807, 2.05) is 22.7 Å². The summed E-state index contributed by atoms with van der Waals surface area (Å²) in [6, 6.07) is 10.4. The van der Waals surface area contributed by atoms with Gasteiger partial charge in [-0.05, 0) is 60.0 Å². The first-order valence-corrected chi connectivity index (χ1v) is 8.60. The molecule has 3 aromatic rings. The molecule has 3 rings (SSSR count). The second kappa shape index (κ2) is 7.48. The van der Waals surface area contributed by atoms with Gasteiger partial charge < -0.3 is 0 Å². The van der Waals surface area contributed by atoms with Crippen molar-refractivity contribution in [2.45, 2.75) is 26.2 Å². The molecule has 1 aromatic carbocycles. The maximum absolute atomic E-state index is 13.4. The van der Waals surface area contributed by atoms with E-state index in [0.717, 1.165) is 39.9 Å². The Morgan fingerprint density at radius 1 is 1.19 bits per heavy atom. The number of nitrogens with zero attached hydrogens (tertiary/aromatic N) is 2. The highest BCUT2D eigenvalue weighted by Crippen LogP contribution is 2.33. The van der Waals surface area contributed by atoms with Gasteiger partial charge in [-0.2, -0.15) is 5.10 Å². The number of halogens is 1. The third-order valence-corrected chi connectivity index (χ3v) is 4.35. The Balaban J connectivity index is 2.40. The lowest BCUT2D eigenvalue weighted by molar-refractivity contribution is -0.104. The Bertz CT molecular complexity index is 982. The quantitative estimate of drug-likeness (QED) is 0.348. The van der Waals surface area contributed by atoms with Crippen LogP contribution in [0.5, 0.6) is 0 Å². The zero-order chi connectivity index (χ0) is 18.7. The SMILES string of the molecule is C=CCc1ccc2c(C(C)C)c(C=CC=O)c(-c3ccc(F)cc3)nn12. The van der Waals surface area contributed by atoms with Crippen LogP contribution >= 0.6 is 0 Å². The average molecular weight is 348 g/mol. The van der Waals surface area contributed by atoms with E-state index in [9.17, 15) is 9.18 Å². The van der Waals surface area contributed by atoms with Crippen molar-refractivity contribution in [1.29, 1.82) is 0 Å². The first-order valence-electron chi connectivity index (χ1n) is 8.60. The number of benzene rings is 1. The molecule has 4 heteroatoms. The predicted molar refractivity (Wildman–Crippen MR) is 104 cm³/mol. The summed E-state index contributed by atoms with van der Waals surface area (Å²) >= 11 is 0. The highest BCUT2D eigenvalue weighted by Gasteiger charge is 2.19. The van der Waals surface area contributed by atoms with Crippen molar-refractivity contribution in [3.8, 4) is 11.3 Å². The summed E-state index contributed by atoms with van der Waals surface area (Å²) in [7, 11) is 0. The van der Waals surface area contributed by atoms with Gasteiger partial charge in [-0.3, -0.25) is 4.79 Å². The molecule has 132 valence electrons. The van der Waals surface area contributed by atoms with Gasteiger partial charge >= 0.3 is 0 Å². The van der Waals surface area contributed by atoms with Gasteiger partial charge in [0.05, 0.1) is 11.2 Å². The summed E-state index contributed by atoms with van der Waals surface area (Å²) in [6.45, 7) is 8.04. The van der Waals surface area contributed by atoms with Crippen LogP contribution in [0.1, 0.15) is 36.6 Å². The number of rotatable bonds is 6. The van der Waals surface area contributed by atoms with Crippen LogP contribution in [0.15, 0.2) is 55.1 Å². The zero-order valence-electron chi connectivity index (χ0n) is 14.9. The first-order chi connectivity index (χ1) is 12.6. The monoisotopic (exact) mass is 348 g/mol. The summed E-state index contributed by atoms with van der Waals surface area (Å²) in [5.41, 5.74) is 5.56. The molecular formula is C22H21FN2O. The number of hydrogen-bond acceptors (Lipinski definition) is 2. The van der Waals surface area contributed by atoms with Gasteiger partial charge in [-0.15, -0.1) is 6.58 Å². The summed E-state index contributed by atoms with van der Waals surface area (Å²) < 4.78 is 15.3. The van der Waals surface area contributed by atoms with Gasteiger partial charge in [-0.25, -0.2) is 8.91 Å². The molecule has 3 nitrogen and oxygen atoms in total. The van der Waals surface area contributed by atoms with Crippen molar-refractivity contribution < 1.29 is 9.18 Å². The van der Waals surface area contributed by atoms with Crippen LogP contribution in [0.2, 0.25) is 0 Å². The molecule has 0 atom stereocenters. The fourth-order valence-electron chi connectivity index (χ4n) is 3.25. The standard InChI is InChI=1S/C22H21FN2O/c1-4-6-18-12-13-20-21(15(2)3)19(7-5-14-26)22(24-25(18)20)16-8-10-17(23)11-9-16/h4-5,7-15H,1,6H2,2-3H3. The Kier molecular flexibility index (Phi) is 5.12. The molecule has 2 aromatic heterocycles. The highest BCUT2D eigenvalue weighted by molar-refractivity contribution is 5.84. The van der Waals surface area contributed by atoms with E-state index in [-0.39, 0.29) is 11.7 Å². The number of aldehydes is 1. The molecule has 0 saturated heterocycles. The lowest BCUT2D eigenvalue weighted by Gasteiger charge is -2.17. The molecule has 0 N–H and O–H groups in total. The molecule has 0 aliphatic rings. The fraction of sp³-hybridized carbons (Fsp3) is 0.182. The summed E-state index contributed by atoms with van der Waals surface area (Å²) in [4.78, 5) is 10.9. The van der Waals surface area contributed by atoms with Crippen LogP contribution in [-0.2, 0) is 11.2 Å². The molecule has 0 bridgehead atoms. The van der Waals surface area contributed by atoms with Crippen molar-refractivity contribution in [2.24, 2.45) is 0 Å². The number of hydrogen-bond donors (Lipinski definition) is 0. The maximum Gasteiger partial charge on any atom is 0.142 e. The Morgan fingerprint density at radius 3 is 2.54 bits per heavy atom. The normalized spacial score (nSPS) is 11.5. The van der Waals surface area contributed by atoms with E-state index in [0.29, 0.717) is 6.42 Å². The van der Waals surface area contributed by atoms with E-state index in [1.165, 1.54) is 18.2 Å². The highest BCUT2D eigenvalue weighted by atomic mass is 19.1. The number of carbonyl (C=O) groups is 1. The molecule has 0 aliphatic heterocycles. The van der Waals surface area contributed by atoms with Gasteiger partial charge in [-0.1, -0.05) is 19.9 Å². The van der Waals surface area contributed by atoms with E-state index < -0.39 is 0 Å². The van der Waals surface area contributed by atoms with Crippen molar-refractivity contribution >= 4 is 17.9 Å². The lowest BCUT2D eigenvalue weighted by Crippen LogP contribution is -2.07. The topological polar surface area (TPSA) is 34.4 Å². The number of aromatic nitrogens is 2. The van der Waals surface area contributed by atoms with Crippen molar-refractivity contribution in [3.63, 3.8) is 0 Å². The van der Waals surface area contributed by atoms with Crippen molar-refractivity contribution in [1.82, 2.24) is 9.61 Å². The van der Waals surface area contributed by atoms with E-state index in [1.54, 1.807) is 18.2 Å². The molecule has 0 spiro atoms. The third kappa shape index (κ3) is 3.23. The summed E-state index contributed by atoms with van der Waals surface area (Å²) in [5, 5.41) is 4.83. The van der Waals surface area contributed by atoms with E-state index in [4.69, 9.17) is 5.10 Å². The molecule has 0 unspecified atom stereocenters. The van der Waals surface area contributed by atoms with Gasteiger partial charge in [0, 0.05) is 23.2 Å². The molecular weight excluding hydrogens is 327 g/mol. The second-order valence-electron chi connectivity index (χ2n) is 6.45. The minimum Gasteiger partial charge on any atom is -0.299 e. The third-order valence-electron chi connectivity index (χ3n) is 4.35. The minimum atomic E-state index is -0.294. The van der Waals surface area contributed by atoms with Gasteiger partial charge in [0.25, 0.3) is 0 Å². The Hall–Kier alpha value is -3.01. The van der Waals surface area contributed by atoms with Crippen LogP contribution < -0.4 is 0 Å². The molecule has 2 heterocycles. The average Bonchev–Trinajstić information content (AvgIpc) is 3.02. The molecule has 0 amide bonds. The van der Waals surface area contributed by atoms with Gasteiger partial charge in [0.1, 0.15) is 12.1 Å². The number of carbonyl (C=O) groups excluding carboxylic acids is 1. The molecule has 0 radical (unpaired) electrons. The second-order valence-corrected chi connectivity index (χ2v) is 6.45. The first kappa shape index (κ1) is 17.8. The summed E-state index contributed by atoms with van der Waals surface area (Å²) in [5.74, 6) is -0.0744. The van der Waals surface area contributed by atoms with Crippen LogP contribution in [0.25, 0.3) is 22.9 Å². The van der Waals surface area contributed by atoms with Crippen LogP contribution in [0, 0.1) is 5.82 Å². The van der Waals surface area contributed by atoms with E-state index in [2.05, 4.69) is 20.4 Å².